The fourth-order valence-corrected chi connectivity index (χ4v) is 4.11. The fraction of sp³-hybridized carbons (Fsp3) is 0.579. The van der Waals surface area contributed by atoms with Gasteiger partial charge in [-0.25, -0.2) is 4.98 Å². The molecule has 2 unspecified atom stereocenters. The maximum atomic E-state index is 12.7. The molecule has 0 bridgehead atoms. The van der Waals surface area contributed by atoms with Crippen LogP contribution in [0.4, 0.5) is 0 Å². The summed E-state index contributed by atoms with van der Waals surface area (Å²) >= 11 is 0. The quantitative estimate of drug-likeness (QED) is 0.867. The topological polar surface area (TPSA) is 47.4 Å². The first-order chi connectivity index (χ1) is 11.8. The second-order valence-corrected chi connectivity index (χ2v) is 7.17. The van der Waals surface area contributed by atoms with Crippen molar-refractivity contribution >= 4 is 16.9 Å². The number of hydrogen-bond donors (Lipinski definition) is 0. The van der Waals surface area contributed by atoms with Crippen LogP contribution in [-0.4, -0.2) is 46.7 Å². The van der Waals surface area contributed by atoms with Gasteiger partial charge in [0.05, 0.1) is 17.4 Å². The third-order valence-corrected chi connectivity index (χ3v) is 5.40. The van der Waals surface area contributed by atoms with Crippen LogP contribution >= 0.6 is 0 Å². The van der Waals surface area contributed by atoms with Gasteiger partial charge < -0.3 is 14.2 Å². The van der Waals surface area contributed by atoms with E-state index in [9.17, 15) is 4.79 Å². The summed E-state index contributed by atoms with van der Waals surface area (Å²) in [4.78, 5) is 19.2. The molecule has 5 nitrogen and oxygen atoms in total. The molecule has 0 N–H and O–H groups in total. The monoisotopic (exact) mass is 327 g/mol. The smallest absolute Gasteiger partial charge is 0.242 e. The highest BCUT2D eigenvalue weighted by Gasteiger charge is 2.27. The number of piperidine rings is 1. The molecule has 0 saturated carbocycles. The highest BCUT2D eigenvalue weighted by Crippen LogP contribution is 2.27. The minimum absolute atomic E-state index is 0.213. The average molecular weight is 327 g/mol. The Morgan fingerprint density at radius 2 is 2.17 bits per heavy atom. The van der Waals surface area contributed by atoms with Crippen molar-refractivity contribution < 1.29 is 9.53 Å². The highest BCUT2D eigenvalue weighted by molar-refractivity contribution is 5.80. The van der Waals surface area contributed by atoms with E-state index in [-0.39, 0.29) is 5.91 Å². The molecule has 1 amide bonds. The van der Waals surface area contributed by atoms with Crippen molar-refractivity contribution in [3.8, 4) is 0 Å². The number of fused-ring (bicyclic) bond motifs is 1. The van der Waals surface area contributed by atoms with Crippen molar-refractivity contribution in [2.75, 3.05) is 26.3 Å². The summed E-state index contributed by atoms with van der Waals surface area (Å²) in [5.74, 6) is 1.54. The molecule has 2 aliphatic heterocycles. The van der Waals surface area contributed by atoms with E-state index in [4.69, 9.17) is 4.74 Å². The molecule has 2 fully saturated rings. The molecule has 1 aromatic carbocycles. The number of aromatic nitrogens is 2. The minimum atomic E-state index is 0.213. The molecule has 128 valence electrons. The molecule has 0 radical (unpaired) electrons. The van der Waals surface area contributed by atoms with Crippen molar-refractivity contribution in [1.82, 2.24) is 14.5 Å². The Hall–Kier alpha value is -1.88. The summed E-state index contributed by atoms with van der Waals surface area (Å²) in [6.07, 6.45) is 6.53. The molecule has 2 saturated heterocycles. The second kappa shape index (κ2) is 6.93. The van der Waals surface area contributed by atoms with Crippen molar-refractivity contribution in [3.05, 3.63) is 30.6 Å². The van der Waals surface area contributed by atoms with E-state index in [1.807, 2.05) is 28.8 Å². The number of nitrogens with zero attached hydrogens (tertiary/aromatic N) is 3. The summed E-state index contributed by atoms with van der Waals surface area (Å²) in [6.45, 7) is 4.00. The first-order valence-electron chi connectivity index (χ1n) is 9.05. The van der Waals surface area contributed by atoms with Gasteiger partial charge in [0.2, 0.25) is 5.91 Å². The van der Waals surface area contributed by atoms with Gasteiger partial charge in [-0.1, -0.05) is 12.1 Å². The first-order valence-corrected chi connectivity index (χ1v) is 9.05. The summed E-state index contributed by atoms with van der Waals surface area (Å²) < 4.78 is 7.46. The highest BCUT2D eigenvalue weighted by atomic mass is 16.5. The molecule has 2 atom stereocenters. The maximum absolute atomic E-state index is 12.7. The van der Waals surface area contributed by atoms with E-state index >= 15 is 0 Å². The molecule has 2 aromatic rings. The van der Waals surface area contributed by atoms with Crippen LogP contribution in [-0.2, 0) is 16.1 Å². The van der Waals surface area contributed by atoms with E-state index in [0.29, 0.717) is 18.4 Å². The Morgan fingerprint density at radius 3 is 3.04 bits per heavy atom. The summed E-state index contributed by atoms with van der Waals surface area (Å²) in [5.41, 5.74) is 1.98. The standard InChI is InChI=1S/C19H25N3O2/c23-19(12-22-14-20-17-5-1-2-6-18(17)22)21-8-3-4-15(11-21)10-16-7-9-24-13-16/h1-2,5-6,14-16H,3-4,7-13H2. The molecule has 0 spiro atoms. The van der Waals surface area contributed by atoms with Crippen molar-refractivity contribution in [1.29, 1.82) is 0 Å². The second-order valence-electron chi connectivity index (χ2n) is 7.17. The molecule has 1 aromatic heterocycles. The molecule has 24 heavy (non-hydrogen) atoms. The van der Waals surface area contributed by atoms with E-state index < -0.39 is 0 Å². The zero-order chi connectivity index (χ0) is 16.4. The largest absolute Gasteiger partial charge is 0.381 e. The van der Waals surface area contributed by atoms with Crippen molar-refractivity contribution in [2.24, 2.45) is 11.8 Å². The van der Waals surface area contributed by atoms with Crippen LogP contribution in [0.3, 0.4) is 0 Å². The molecule has 3 heterocycles. The Morgan fingerprint density at radius 1 is 1.25 bits per heavy atom. The van der Waals surface area contributed by atoms with Gasteiger partial charge in [-0.05, 0) is 49.7 Å². The molecular weight excluding hydrogens is 302 g/mol. The number of hydrogen-bond acceptors (Lipinski definition) is 3. The van der Waals surface area contributed by atoms with Gasteiger partial charge in [0.1, 0.15) is 6.54 Å². The van der Waals surface area contributed by atoms with Crippen molar-refractivity contribution in [2.45, 2.75) is 32.2 Å². The SMILES string of the molecule is O=C(Cn1cnc2ccccc21)N1CCCC(CC2CCOC2)C1. The number of para-hydroxylation sites is 2. The normalized spacial score (nSPS) is 24.6. The number of likely N-dealkylation sites (tertiary alicyclic amines) is 1. The molecule has 5 heteroatoms. The minimum Gasteiger partial charge on any atom is -0.381 e. The van der Waals surface area contributed by atoms with Crippen LogP contribution in [0, 0.1) is 11.8 Å². The number of imidazole rings is 1. The first kappa shape index (κ1) is 15.6. The zero-order valence-corrected chi connectivity index (χ0v) is 14.1. The molecule has 2 aliphatic rings. The summed E-state index contributed by atoms with van der Waals surface area (Å²) in [7, 11) is 0. The lowest BCUT2D eigenvalue weighted by Gasteiger charge is -2.34. The number of rotatable bonds is 4. The molecule has 0 aliphatic carbocycles. The third kappa shape index (κ3) is 3.31. The van der Waals surface area contributed by atoms with Crippen LogP contribution < -0.4 is 0 Å². The fourth-order valence-electron chi connectivity index (χ4n) is 4.11. The number of benzene rings is 1. The predicted octanol–water partition coefficient (Wildman–Crippen LogP) is 2.70. The van der Waals surface area contributed by atoms with Crippen LogP contribution in [0.1, 0.15) is 25.7 Å². The van der Waals surface area contributed by atoms with Crippen LogP contribution in [0.15, 0.2) is 30.6 Å². The van der Waals surface area contributed by atoms with Gasteiger partial charge in [0, 0.05) is 26.3 Å². The van der Waals surface area contributed by atoms with Gasteiger partial charge in [0.15, 0.2) is 0 Å². The van der Waals surface area contributed by atoms with Gasteiger partial charge >= 0.3 is 0 Å². The Balaban J connectivity index is 1.38. The number of carbonyl (C=O) groups is 1. The number of carbonyl (C=O) groups excluding carboxylic acids is 1. The number of amides is 1. The van der Waals surface area contributed by atoms with E-state index in [0.717, 1.165) is 43.8 Å². The Kier molecular flexibility index (Phi) is 4.52. The van der Waals surface area contributed by atoms with Gasteiger partial charge in [-0.3, -0.25) is 4.79 Å². The van der Waals surface area contributed by atoms with Gasteiger partial charge in [-0.15, -0.1) is 0 Å². The van der Waals surface area contributed by atoms with Crippen LogP contribution in [0.5, 0.6) is 0 Å². The zero-order valence-electron chi connectivity index (χ0n) is 14.1. The van der Waals surface area contributed by atoms with E-state index in [1.165, 1.54) is 19.3 Å². The average Bonchev–Trinajstić information content (AvgIpc) is 3.25. The molecule has 4 rings (SSSR count). The lowest BCUT2D eigenvalue weighted by atomic mass is 9.88. The van der Waals surface area contributed by atoms with Crippen LogP contribution in [0.25, 0.3) is 11.0 Å². The lowest BCUT2D eigenvalue weighted by molar-refractivity contribution is -0.133. The van der Waals surface area contributed by atoms with Gasteiger partial charge in [-0.2, -0.15) is 0 Å². The predicted molar refractivity (Wildman–Crippen MR) is 92.6 cm³/mol. The van der Waals surface area contributed by atoms with E-state index in [2.05, 4.69) is 9.88 Å². The van der Waals surface area contributed by atoms with Crippen LogP contribution in [0.2, 0.25) is 0 Å². The Labute approximate surface area is 142 Å². The Bertz CT molecular complexity index is 705. The van der Waals surface area contributed by atoms with Crippen molar-refractivity contribution in [3.63, 3.8) is 0 Å². The number of ether oxygens (including phenoxy) is 1. The third-order valence-electron chi connectivity index (χ3n) is 5.40. The maximum Gasteiger partial charge on any atom is 0.242 e. The molecular formula is C19H25N3O2. The van der Waals surface area contributed by atoms with Gasteiger partial charge in [0.25, 0.3) is 0 Å². The summed E-state index contributed by atoms with van der Waals surface area (Å²) in [5, 5.41) is 0. The summed E-state index contributed by atoms with van der Waals surface area (Å²) in [6, 6.07) is 7.97. The lowest BCUT2D eigenvalue weighted by Crippen LogP contribution is -2.42. The van der Waals surface area contributed by atoms with E-state index in [1.54, 1.807) is 6.33 Å².